The molecule has 1 amide bonds. The summed E-state index contributed by atoms with van der Waals surface area (Å²) in [6, 6.07) is 18.0. The number of hydrogen-bond donors (Lipinski definition) is 1. The van der Waals surface area contributed by atoms with Crippen molar-refractivity contribution in [3.05, 3.63) is 98.8 Å². The highest BCUT2D eigenvalue weighted by Gasteiger charge is 2.49. The number of nitrogens with zero attached hydrogens (tertiary/aromatic N) is 5. The molecule has 9 nitrogen and oxygen atoms in total. The molecule has 3 aromatic rings. The van der Waals surface area contributed by atoms with E-state index < -0.39 is 11.4 Å². The first kappa shape index (κ1) is 23.0. The standard InChI is InChI=1S/C29H30N6O3/c36-25(21-9-3-1-4-10-21)30-26-31-29(19-32(26)18-20-15-16-20)17-22-11-7-8-14-24(22)34-27(37)33(28(38)35(29)34)23-12-5-2-6-13-23/h1-6,9-10,12-13,17,20,24H,7-8,11,14-16,18-19H2,(H,30,31,36). The SMILES string of the molecule is O=C(NC1=NC2(C=C3CCCCC3n3c(=O)n(-c4ccccc4)c(=O)n32)CN1CC1CC1)c1ccccc1. The summed E-state index contributed by atoms with van der Waals surface area (Å²) in [5.74, 6) is 0.749. The number of rotatable bonds is 4. The van der Waals surface area contributed by atoms with Crippen LogP contribution in [0.5, 0.6) is 0 Å². The number of hydrogen-bond acceptors (Lipinski definition) is 5. The summed E-state index contributed by atoms with van der Waals surface area (Å²) < 4.78 is 4.46. The first-order valence-corrected chi connectivity index (χ1v) is 13.5. The van der Waals surface area contributed by atoms with Crippen LogP contribution in [0.25, 0.3) is 5.69 Å². The van der Waals surface area contributed by atoms with Gasteiger partial charge in [-0.15, -0.1) is 0 Å². The van der Waals surface area contributed by atoms with E-state index >= 15 is 0 Å². The van der Waals surface area contributed by atoms with Gasteiger partial charge in [-0.3, -0.25) is 10.1 Å². The van der Waals surface area contributed by atoms with Crippen LogP contribution in [0, 0.1) is 5.92 Å². The molecule has 1 spiro atoms. The molecule has 9 heteroatoms. The first-order chi connectivity index (χ1) is 18.5. The monoisotopic (exact) mass is 510 g/mol. The smallest absolute Gasteiger partial charge is 0.338 e. The lowest BCUT2D eigenvalue weighted by Crippen LogP contribution is -2.51. The van der Waals surface area contributed by atoms with E-state index in [4.69, 9.17) is 4.99 Å². The van der Waals surface area contributed by atoms with Crippen LogP contribution in [-0.2, 0) is 5.66 Å². The summed E-state index contributed by atoms with van der Waals surface area (Å²) in [6.45, 7) is 1.14. The molecule has 1 aromatic heterocycles. The number of guanidine groups is 1. The van der Waals surface area contributed by atoms with Gasteiger partial charge in [-0.05, 0) is 73.9 Å². The number of carbonyl (C=O) groups is 1. The number of amides is 1. The fraction of sp³-hybridized carbons (Fsp3) is 0.379. The summed E-state index contributed by atoms with van der Waals surface area (Å²) in [5.41, 5.74) is 0.374. The van der Waals surface area contributed by atoms with Crippen LogP contribution in [0.15, 0.2) is 86.9 Å². The van der Waals surface area contributed by atoms with E-state index in [9.17, 15) is 14.4 Å². The average Bonchev–Trinajstić information content (AvgIpc) is 3.64. The molecule has 2 aromatic carbocycles. The highest BCUT2D eigenvalue weighted by Crippen LogP contribution is 2.42. The van der Waals surface area contributed by atoms with Gasteiger partial charge in [0, 0.05) is 12.1 Å². The Morgan fingerprint density at radius 2 is 1.68 bits per heavy atom. The normalized spacial score (nSPS) is 24.0. The van der Waals surface area contributed by atoms with Crippen LogP contribution in [0.3, 0.4) is 0 Å². The van der Waals surface area contributed by atoms with Gasteiger partial charge in [0.05, 0.1) is 18.3 Å². The second kappa shape index (κ2) is 8.72. The minimum atomic E-state index is -1.10. The van der Waals surface area contributed by atoms with Crippen molar-refractivity contribution in [2.75, 3.05) is 13.1 Å². The van der Waals surface area contributed by atoms with Gasteiger partial charge in [0.2, 0.25) is 5.96 Å². The molecule has 7 rings (SSSR count). The quantitative estimate of drug-likeness (QED) is 0.546. The Morgan fingerprint density at radius 1 is 0.947 bits per heavy atom. The molecular weight excluding hydrogens is 480 g/mol. The average molecular weight is 511 g/mol. The Bertz CT molecular complexity index is 1580. The maximum Gasteiger partial charge on any atom is 0.354 e. The van der Waals surface area contributed by atoms with E-state index in [0.717, 1.165) is 50.6 Å². The fourth-order valence-electron chi connectivity index (χ4n) is 6.17. The molecule has 2 aliphatic heterocycles. The number of allylic oxidation sites excluding steroid dienone is 1. The third-order valence-electron chi connectivity index (χ3n) is 8.15. The van der Waals surface area contributed by atoms with E-state index in [1.807, 2.05) is 36.4 Å². The molecule has 2 saturated carbocycles. The van der Waals surface area contributed by atoms with Crippen LogP contribution >= 0.6 is 0 Å². The zero-order chi connectivity index (χ0) is 25.9. The van der Waals surface area contributed by atoms with Gasteiger partial charge < -0.3 is 4.90 Å². The molecule has 4 aliphatic rings. The molecule has 1 N–H and O–H groups in total. The Labute approximate surface area is 219 Å². The number of benzene rings is 2. The molecule has 38 heavy (non-hydrogen) atoms. The van der Waals surface area contributed by atoms with Gasteiger partial charge in [0.25, 0.3) is 5.91 Å². The van der Waals surface area contributed by atoms with Crippen molar-refractivity contribution >= 4 is 11.9 Å². The number of carbonyl (C=O) groups excluding carboxylic acids is 1. The van der Waals surface area contributed by atoms with Crippen molar-refractivity contribution in [2.45, 2.75) is 50.2 Å². The summed E-state index contributed by atoms with van der Waals surface area (Å²) in [6.07, 6.45) is 8.11. The van der Waals surface area contributed by atoms with Gasteiger partial charge in [0.15, 0.2) is 5.66 Å². The topological polar surface area (TPSA) is 93.6 Å². The Kier molecular flexibility index (Phi) is 5.28. The van der Waals surface area contributed by atoms with E-state index in [1.165, 1.54) is 4.57 Å². The molecule has 2 unspecified atom stereocenters. The van der Waals surface area contributed by atoms with Crippen LogP contribution in [-0.4, -0.2) is 43.8 Å². The van der Waals surface area contributed by atoms with Crippen molar-refractivity contribution < 1.29 is 4.79 Å². The number of aliphatic imine (C=N–C) groups is 1. The maximum absolute atomic E-state index is 14.1. The number of nitrogens with one attached hydrogen (secondary N) is 1. The van der Waals surface area contributed by atoms with Crippen molar-refractivity contribution in [3.63, 3.8) is 0 Å². The predicted molar refractivity (Wildman–Crippen MR) is 143 cm³/mol. The van der Waals surface area contributed by atoms with Crippen LogP contribution < -0.4 is 16.7 Å². The van der Waals surface area contributed by atoms with Gasteiger partial charge in [-0.25, -0.2) is 23.8 Å². The maximum atomic E-state index is 14.1. The fourth-order valence-corrected chi connectivity index (χ4v) is 6.17. The van der Waals surface area contributed by atoms with Crippen molar-refractivity contribution in [1.82, 2.24) is 24.1 Å². The minimum Gasteiger partial charge on any atom is -0.338 e. The van der Waals surface area contributed by atoms with Crippen molar-refractivity contribution in [2.24, 2.45) is 10.9 Å². The number of aromatic nitrogens is 3. The highest BCUT2D eigenvalue weighted by atomic mass is 16.2. The first-order valence-electron chi connectivity index (χ1n) is 13.5. The van der Waals surface area contributed by atoms with E-state index in [0.29, 0.717) is 29.7 Å². The summed E-state index contributed by atoms with van der Waals surface area (Å²) in [4.78, 5) is 48.2. The van der Waals surface area contributed by atoms with Crippen LogP contribution in [0.2, 0.25) is 0 Å². The Hall–Kier alpha value is -4.14. The molecular formula is C29H30N6O3. The second-order valence-corrected chi connectivity index (χ2v) is 10.8. The second-order valence-electron chi connectivity index (χ2n) is 10.8. The minimum absolute atomic E-state index is 0.158. The summed E-state index contributed by atoms with van der Waals surface area (Å²) in [7, 11) is 0. The van der Waals surface area contributed by atoms with Gasteiger partial charge in [-0.1, -0.05) is 42.8 Å². The van der Waals surface area contributed by atoms with Crippen LogP contribution in [0.1, 0.15) is 54.9 Å². The van der Waals surface area contributed by atoms with Gasteiger partial charge in [-0.2, -0.15) is 4.68 Å². The molecule has 0 bridgehead atoms. The van der Waals surface area contributed by atoms with Crippen molar-refractivity contribution in [3.8, 4) is 5.69 Å². The lowest BCUT2D eigenvalue weighted by atomic mass is 9.86. The Balaban J connectivity index is 1.39. The molecule has 2 atom stereocenters. The van der Waals surface area contributed by atoms with Crippen molar-refractivity contribution in [1.29, 1.82) is 0 Å². The molecule has 2 aliphatic carbocycles. The van der Waals surface area contributed by atoms with E-state index in [1.54, 1.807) is 33.6 Å². The van der Waals surface area contributed by atoms with Gasteiger partial charge >= 0.3 is 11.4 Å². The third-order valence-corrected chi connectivity index (χ3v) is 8.15. The van der Waals surface area contributed by atoms with E-state index in [-0.39, 0.29) is 17.6 Å². The molecule has 3 heterocycles. The van der Waals surface area contributed by atoms with E-state index in [2.05, 4.69) is 16.3 Å². The number of para-hydroxylation sites is 1. The predicted octanol–water partition coefficient (Wildman–Crippen LogP) is 3.02. The zero-order valence-corrected chi connectivity index (χ0v) is 21.1. The summed E-state index contributed by atoms with van der Waals surface area (Å²) in [5, 5.41) is 3.02. The summed E-state index contributed by atoms with van der Waals surface area (Å²) >= 11 is 0. The number of fused-ring (bicyclic) bond motifs is 4. The Morgan fingerprint density at radius 3 is 2.42 bits per heavy atom. The molecule has 194 valence electrons. The molecule has 0 saturated heterocycles. The largest absolute Gasteiger partial charge is 0.354 e. The van der Waals surface area contributed by atoms with Gasteiger partial charge in [0.1, 0.15) is 0 Å². The van der Waals surface area contributed by atoms with Crippen LogP contribution in [0.4, 0.5) is 0 Å². The lowest BCUT2D eigenvalue weighted by Gasteiger charge is -2.38. The zero-order valence-electron chi connectivity index (χ0n) is 21.1. The highest BCUT2D eigenvalue weighted by molar-refractivity contribution is 6.06. The molecule has 0 radical (unpaired) electrons. The molecule has 2 fully saturated rings. The third kappa shape index (κ3) is 3.68. The lowest BCUT2D eigenvalue weighted by molar-refractivity contribution is 0.0972.